The van der Waals surface area contributed by atoms with Crippen molar-refractivity contribution in [2.45, 2.75) is 4.83 Å². The number of carboxylic acid groups (broad SMARTS) is 1. The van der Waals surface area contributed by atoms with Gasteiger partial charge in [-0.2, -0.15) is 0 Å². The summed E-state index contributed by atoms with van der Waals surface area (Å²) in [5, 5.41) is 8.55. The molecule has 0 spiro atoms. The first-order chi connectivity index (χ1) is 3.18. The quantitative estimate of drug-likeness (QED) is 0.715. The first-order valence-corrected chi connectivity index (χ1v) is 3.65. The molecule has 1 N–H and O–H groups in total. The minimum absolute atomic E-state index is 0. The molecule has 2 nitrogen and oxygen atoms in total. The van der Waals surface area contributed by atoms with Crippen molar-refractivity contribution in [1.29, 1.82) is 0 Å². The molecule has 0 fully saturated rings. The number of hydrogen-bond acceptors (Lipinski definition) is 1. The first kappa shape index (κ1) is 12.0. The van der Waals surface area contributed by atoms with Gasteiger partial charge in [0.15, 0.2) is 0 Å². The molecule has 8 heavy (non-hydrogen) atoms. The first-order valence-electron chi connectivity index (χ1n) is 1.61. The molecule has 0 aromatic rings. The van der Waals surface area contributed by atoms with Gasteiger partial charge in [-0.1, -0.05) is 31.9 Å². The summed E-state index contributed by atoms with van der Waals surface area (Å²) in [6, 6.07) is 0. The van der Waals surface area contributed by atoms with Crippen molar-refractivity contribution in [2.24, 2.45) is 0 Å². The van der Waals surface area contributed by atoms with Crippen LogP contribution in [-0.2, 0) is 4.79 Å². The molecule has 0 aliphatic heterocycles. The van der Waals surface area contributed by atoms with Crippen molar-refractivity contribution < 1.29 is 9.90 Å². The molecule has 48 valence electrons. The molecule has 0 saturated carbocycles. The maximum atomic E-state index is 9.85. The van der Waals surface area contributed by atoms with Crippen LogP contribution in [0.5, 0.6) is 0 Å². The second-order valence-electron chi connectivity index (χ2n) is 0.960. The summed E-state index contributed by atoms with van der Waals surface area (Å²) in [6.07, 6.45) is 0. The zero-order valence-electron chi connectivity index (χ0n) is 3.40. The van der Waals surface area contributed by atoms with Crippen LogP contribution in [0.1, 0.15) is 0 Å². The summed E-state index contributed by atoms with van der Waals surface area (Å²) in [4.78, 5) is 9.40. The fourth-order valence-electron chi connectivity index (χ4n) is 0.0660. The molecule has 5 heteroatoms. The van der Waals surface area contributed by atoms with Gasteiger partial charge >= 0.3 is 31.8 Å². The van der Waals surface area contributed by atoms with Crippen LogP contribution in [0.3, 0.4) is 0 Å². The monoisotopic (exact) mass is 348 g/mol. The van der Waals surface area contributed by atoms with Crippen LogP contribution in [0.25, 0.3) is 0 Å². The number of carboxylic acids is 1. The third-order valence-corrected chi connectivity index (χ3v) is 2.64. The number of rotatable bonds is 2. The van der Waals surface area contributed by atoms with E-state index in [4.69, 9.17) is 5.11 Å². The molecular weight excluding hydrogens is 343 g/mol. The Morgan fingerprint density at radius 3 is 2.12 bits per heavy atom. The standard InChI is InChI=1S/C3H4Br2O2.In.3H/c4-1-2(5)3(6)7;;;;/h2H,1H2,(H,6,7);;;;. The third kappa shape index (κ3) is 5.44. The fraction of sp³-hybridized carbons (Fsp3) is 0.667. The Bertz CT molecular complexity index is 77.7. The van der Waals surface area contributed by atoms with E-state index >= 15 is 0 Å². The maximum absolute atomic E-state index is 9.85. The number of aliphatic carboxylic acids is 1. The van der Waals surface area contributed by atoms with Crippen molar-refractivity contribution >= 4 is 63.7 Å². The topological polar surface area (TPSA) is 37.3 Å². The molecule has 0 aliphatic rings. The van der Waals surface area contributed by atoms with Gasteiger partial charge in [0.25, 0.3) is 0 Å². The molecule has 0 heterocycles. The third-order valence-electron chi connectivity index (χ3n) is 0.403. The molecular formula is C3H7Br2InO2. The number of hydrogen-bond donors (Lipinski definition) is 1. The van der Waals surface area contributed by atoms with Crippen LogP contribution >= 0.6 is 31.9 Å². The molecule has 0 saturated heterocycles. The van der Waals surface area contributed by atoms with Crippen LogP contribution < -0.4 is 0 Å². The summed E-state index contributed by atoms with van der Waals surface area (Å²) >= 11 is 5.88. The van der Waals surface area contributed by atoms with Crippen LogP contribution in [0.15, 0.2) is 0 Å². The van der Waals surface area contributed by atoms with Crippen LogP contribution in [0, 0.1) is 0 Å². The van der Waals surface area contributed by atoms with Gasteiger partial charge < -0.3 is 5.11 Å². The molecule has 0 aromatic heterocycles. The zero-order chi connectivity index (χ0) is 5.86. The number of carbonyl (C=O) groups is 1. The predicted molar refractivity (Wildman–Crippen MR) is 44.1 cm³/mol. The predicted octanol–water partition coefficient (Wildman–Crippen LogP) is 0.0455. The van der Waals surface area contributed by atoms with Crippen LogP contribution in [0.2, 0.25) is 0 Å². The summed E-state index contributed by atoms with van der Waals surface area (Å²) in [5.41, 5.74) is 0. The number of alkyl halides is 2. The van der Waals surface area contributed by atoms with E-state index in [2.05, 4.69) is 31.9 Å². The van der Waals surface area contributed by atoms with Gasteiger partial charge in [0.2, 0.25) is 0 Å². The Labute approximate surface area is 83.1 Å². The Balaban J connectivity index is 0. The van der Waals surface area contributed by atoms with Gasteiger partial charge in [-0.05, 0) is 0 Å². The van der Waals surface area contributed by atoms with Crippen molar-refractivity contribution in [3.63, 3.8) is 0 Å². The second kappa shape index (κ2) is 6.42. The summed E-state index contributed by atoms with van der Waals surface area (Å²) in [6.45, 7) is 0. The fourth-order valence-corrected chi connectivity index (χ4v) is 0.343. The van der Waals surface area contributed by atoms with Crippen LogP contribution in [-0.4, -0.2) is 47.1 Å². The van der Waals surface area contributed by atoms with E-state index in [0.717, 1.165) is 0 Å². The van der Waals surface area contributed by atoms with Crippen molar-refractivity contribution in [3.8, 4) is 0 Å². The van der Waals surface area contributed by atoms with Gasteiger partial charge in [0.05, 0.1) is 0 Å². The van der Waals surface area contributed by atoms with Gasteiger partial charge in [0, 0.05) is 5.33 Å². The average Bonchev–Trinajstić information content (AvgIpc) is 1.65. The van der Waals surface area contributed by atoms with E-state index in [-0.39, 0.29) is 25.8 Å². The summed E-state index contributed by atoms with van der Waals surface area (Å²) < 4.78 is 0. The summed E-state index contributed by atoms with van der Waals surface area (Å²) in [5.74, 6) is -0.836. The minimum atomic E-state index is -0.836. The summed E-state index contributed by atoms with van der Waals surface area (Å²) in [7, 11) is 0. The van der Waals surface area contributed by atoms with Gasteiger partial charge in [-0.15, -0.1) is 0 Å². The van der Waals surface area contributed by atoms with E-state index in [1.807, 2.05) is 0 Å². The average molecular weight is 350 g/mol. The van der Waals surface area contributed by atoms with Crippen molar-refractivity contribution in [3.05, 3.63) is 0 Å². The second-order valence-corrected chi connectivity index (χ2v) is 2.71. The van der Waals surface area contributed by atoms with Gasteiger partial charge in [-0.25, -0.2) is 0 Å². The van der Waals surface area contributed by atoms with E-state index < -0.39 is 10.8 Å². The van der Waals surface area contributed by atoms with E-state index in [9.17, 15) is 4.79 Å². The van der Waals surface area contributed by atoms with Crippen molar-refractivity contribution in [2.75, 3.05) is 5.33 Å². The van der Waals surface area contributed by atoms with E-state index in [1.165, 1.54) is 0 Å². The molecule has 0 rings (SSSR count). The molecule has 0 aliphatic carbocycles. The molecule has 0 aromatic carbocycles. The van der Waals surface area contributed by atoms with Gasteiger partial charge in [-0.3, -0.25) is 4.79 Å². The Kier molecular flexibility index (Phi) is 9.65. The molecule has 0 amide bonds. The zero-order valence-corrected chi connectivity index (χ0v) is 6.57. The number of halogens is 2. The SMILES string of the molecule is O=C(O)C(Br)CBr.[InH3]. The Morgan fingerprint density at radius 2 is 2.12 bits per heavy atom. The Morgan fingerprint density at radius 1 is 1.75 bits per heavy atom. The molecule has 1 unspecified atom stereocenters. The van der Waals surface area contributed by atoms with Gasteiger partial charge in [0.1, 0.15) is 4.83 Å². The normalized spacial score (nSPS) is 11.8. The molecule has 0 radical (unpaired) electrons. The molecule has 0 bridgehead atoms. The van der Waals surface area contributed by atoms with Crippen LogP contribution in [0.4, 0.5) is 0 Å². The van der Waals surface area contributed by atoms with E-state index in [1.54, 1.807) is 0 Å². The molecule has 1 atom stereocenters. The van der Waals surface area contributed by atoms with E-state index in [0.29, 0.717) is 5.33 Å². The van der Waals surface area contributed by atoms with Crippen molar-refractivity contribution in [1.82, 2.24) is 0 Å². The Hall–Kier alpha value is 1.30.